The second kappa shape index (κ2) is 7.80. The maximum Gasteiger partial charge on any atom is 0.223 e. The van der Waals surface area contributed by atoms with Crippen LogP contribution in [0.1, 0.15) is 48.2 Å². The zero-order valence-electron chi connectivity index (χ0n) is 17.5. The Hall–Kier alpha value is -2.80. The molecule has 1 aliphatic heterocycles. The van der Waals surface area contributed by atoms with E-state index in [0.717, 1.165) is 73.3 Å². The number of pyridine rings is 1. The van der Waals surface area contributed by atoms with Gasteiger partial charge in [0.2, 0.25) is 5.95 Å². The molecule has 1 N–H and O–H groups in total. The van der Waals surface area contributed by atoms with Crippen molar-refractivity contribution in [1.29, 1.82) is 0 Å². The first-order chi connectivity index (χ1) is 14.6. The van der Waals surface area contributed by atoms with E-state index in [1.807, 2.05) is 23.7 Å². The standard InChI is InChI=1S/C23H27FN6/c1-15-12-25-22-20(24)11-16(14-30(15)22)18-5-3-4-6-21-19(18)13-26-23(28-21)27-17-7-9-29(2)10-8-17/h5,11-14,17H,3-4,6-10H2,1-2H3,(H,26,27,28). The third-order valence-electron chi connectivity index (χ3n) is 6.23. The highest BCUT2D eigenvalue weighted by Gasteiger charge is 2.21. The van der Waals surface area contributed by atoms with Crippen LogP contribution in [0.5, 0.6) is 0 Å². The van der Waals surface area contributed by atoms with Crippen LogP contribution in [-0.2, 0) is 6.42 Å². The summed E-state index contributed by atoms with van der Waals surface area (Å²) in [4.78, 5) is 16.0. The van der Waals surface area contributed by atoms with Crippen LogP contribution in [0.25, 0.3) is 11.2 Å². The second-order valence-corrected chi connectivity index (χ2v) is 8.46. The van der Waals surface area contributed by atoms with Gasteiger partial charge in [0.25, 0.3) is 0 Å². The van der Waals surface area contributed by atoms with Gasteiger partial charge in [-0.05, 0) is 70.8 Å². The van der Waals surface area contributed by atoms with Gasteiger partial charge >= 0.3 is 0 Å². The van der Waals surface area contributed by atoms with Gasteiger partial charge in [0.05, 0.1) is 5.69 Å². The van der Waals surface area contributed by atoms with Crippen LogP contribution in [0.3, 0.4) is 0 Å². The number of likely N-dealkylation sites (tertiary alicyclic amines) is 1. The molecule has 4 heterocycles. The third kappa shape index (κ3) is 3.58. The minimum Gasteiger partial charge on any atom is -0.351 e. The molecule has 1 fully saturated rings. The number of rotatable bonds is 3. The molecule has 30 heavy (non-hydrogen) atoms. The number of piperidine rings is 1. The largest absolute Gasteiger partial charge is 0.351 e. The van der Waals surface area contributed by atoms with E-state index in [2.05, 4.69) is 33.3 Å². The van der Waals surface area contributed by atoms with E-state index < -0.39 is 0 Å². The number of hydrogen-bond acceptors (Lipinski definition) is 5. The van der Waals surface area contributed by atoms with Gasteiger partial charge in [-0.2, -0.15) is 0 Å². The molecule has 0 bridgehead atoms. The van der Waals surface area contributed by atoms with Crippen LogP contribution in [0.2, 0.25) is 0 Å². The molecule has 0 saturated carbocycles. The number of nitrogens with one attached hydrogen (secondary N) is 1. The molecule has 156 valence electrons. The van der Waals surface area contributed by atoms with Gasteiger partial charge < -0.3 is 14.6 Å². The minimum atomic E-state index is -0.311. The number of aromatic nitrogens is 4. The van der Waals surface area contributed by atoms with Crippen molar-refractivity contribution in [3.63, 3.8) is 0 Å². The molecule has 5 rings (SSSR count). The Bertz CT molecular complexity index is 1110. The van der Waals surface area contributed by atoms with Crippen molar-refractivity contribution >= 4 is 17.2 Å². The summed E-state index contributed by atoms with van der Waals surface area (Å²) >= 11 is 0. The quantitative estimate of drug-likeness (QED) is 0.716. The normalized spacial score (nSPS) is 18.2. The van der Waals surface area contributed by atoms with Crippen LogP contribution < -0.4 is 5.32 Å². The van der Waals surface area contributed by atoms with Gasteiger partial charge in [0.1, 0.15) is 0 Å². The van der Waals surface area contributed by atoms with Gasteiger partial charge in [0.15, 0.2) is 11.5 Å². The van der Waals surface area contributed by atoms with Gasteiger partial charge in [-0.25, -0.2) is 19.3 Å². The number of allylic oxidation sites excluding steroid dienone is 1. The number of imidazole rings is 1. The summed E-state index contributed by atoms with van der Waals surface area (Å²) in [5, 5.41) is 3.52. The number of nitrogens with zero attached hydrogens (tertiary/aromatic N) is 5. The van der Waals surface area contributed by atoms with E-state index in [0.29, 0.717) is 17.6 Å². The zero-order valence-corrected chi connectivity index (χ0v) is 17.5. The second-order valence-electron chi connectivity index (χ2n) is 8.46. The van der Waals surface area contributed by atoms with Gasteiger partial charge in [-0.3, -0.25) is 0 Å². The Labute approximate surface area is 175 Å². The van der Waals surface area contributed by atoms with Crippen LogP contribution in [-0.4, -0.2) is 50.4 Å². The summed E-state index contributed by atoms with van der Waals surface area (Å²) in [7, 11) is 2.16. The molecule has 6 nitrogen and oxygen atoms in total. The average Bonchev–Trinajstić information content (AvgIpc) is 2.99. The topological polar surface area (TPSA) is 58.4 Å². The molecular formula is C23H27FN6. The fourth-order valence-corrected chi connectivity index (χ4v) is 4.45. The molecule has 3 aromatic heterocycles. The summed E-state index contributed by atoms with van der Waals surface area (Å²) in [5.41, 5.74) is 5.14. The van der Waals surface area contributed by atoms with Gasteiger partial charge in [-0.15, -0.1) is 0 Å². The average molecular weight is 407 g/mol. The van der Waals surface area contributed by atoms with Crippen molar-refractivity contribution in [2.75, 3.05) is 25.5 Å². The molecule has 3 aromatic rings. The first-order valence-electron chi connectivity index (χ1n) is 10.7. The lowest BCUT2D eigenvalue weighted by molar-refractivity contribution is 0.263. The van der Waals surface area contributed by atoms with E-state index >= 15 is 0 Å². The monoisotopic (exact) mass is 406 g/mol. The predicted molar refractivity (Wildman–Crippen MR) is 116 cm³/mol. The summed E-state index contributed by atoms with van der Waals surface area (Å²) in [6.45, 7) is 4.12. The van der Waals surface area contributed by atoms with Crippen molar-refractivity contribution in [2.45, 2.75) is 45.1 Å². The number of halogens is 1. The van der Waals surface area contributed by atoms with Crippen LogP contribution in [0.4, 0.5) is 10.3 Å². The van der Waals surface area contributed by atoms with Crippen LogP contribution in [0.15, 0.2) is 30.7 Å². The highest BCUT2D eigenvalue weighted by Crippen LogP contribution is 2.31. The molecule has 0 unspecified atom stereocenters. The van der Waals surface area contributed by atoms with E-state index in [1.54, 1.807) is 12.3 Å². The molecule has 0 radical (unpaired) electrons. The SMILES string of the molecule is Cc1cnc2c(F)cc(C3=CCCCc4nc(NC5CCN(C)CC5)ncc43)cn12. The number of fused-ring (bicyclic) bond motifs is 2. The van der Waals surface area contributed by atoms with Gasteiger partial charge in [-0.1, -0.05) is 6.08 Å². The maximum absolute atomic E-state index is 14.7. The molecule has 0 aromatic carbocycles. The molecule has 0 atom stereocenters. The number of hydrogen-bond donors (Lipinski definition) is 1. The molecular weight excluding hydrogens is 379 g/mol. The fourth-order valence-electron chi connectivity index (χ4n) is 4.45. The van der Waals surface area contributed by atoms with Crippen molar-refractivity contribution in [1.82, 2.24) is 24.3 Å². The Kier molecular flexibility index (Phi) is 4.98. The fraction of sp³-hybridized carbons (Fsp3) is 0.435. The lowest BCUT2D eigenvalue weighted by atomic mass is 9.99. The van der Waals surface area contributed by atoms with E-state index in [1.165, 1.54) is 0 Å². The number of anilines is 1. The van der Waals surface area contributed by atoms with Gasteiger partial charge in [0, 0.05) is 41.5 Å². The molecule has 1 saturated heterocycles. The minimum absolute atomic E-state index is 0.311. The predicted octanol–water partition coefficient (Wildman–Crippen LogP) is 3.85. The molecule has 7 heteroatoms. The third-order valence-corrected chi connectivity index (χ3v) is 6.23. The maximum atomic E-state index is 14.7. The Morgan fingerprint density at radius 1 is 1.17 bits per heavy atom. The van der Waals surface area contributed by atoms with Crippen molar-refractivity contribution < 1.29 is 4.39 Å². The lowest BCUT2D eigenvalue weighted by Gasteiger charge is -2.29. The molecule has 2 aliphatic rings. The highest BCUT2D eigenvalue weighted by atomic mass is 19.1. The van der Waals surface area contributed by atoms with Crippen molar-refractivity contribution in [2.24, 2.45) is 0 Å². The Morgan fingerprint density at radius 3 is 2.83 bits per heavy atom. The van der Waals surface area contributed by atoms with Crippen molar-refractivity contribution in [3.05, 3.63) is 59.1 Å². The summed E-state index contributed by atoms with van der Waals surface area (Å²) in [6.07, 6.45) is 12.8. The summed E-state index contributed by atoms with van der Waals surface area (Å²) < 4.78 is 16.5. The van der Waals surface area contributed by atoms with Crippen LogP contribution >= 0.6 is 0 Å². The summed E-state index contributed by atoms with van der Waals surface area (Å²) in [5.74, 6) is 0.394. The Balaban J connectivity index is 1.48. The molecule has 0 amide bonds. The van der Waals surface area contributed by atoms with Crippen LogP contribution in [0, 0.1) is 12.7 Å². The highest BCUT2D eigenvalue weighted by molar-refractivity contribution is 5.81. The smallest absolute Gasteiger partial charge is 0.223 e. The molecule has 0 spiro atoms. The molecule has 1 aliphatic carbocycles. The van der Waals surface area contributed by atoms with E-state index in [4.69, 9.17) is 4.98 Å². The van der Waals surface area contributed by atoms with Crippen molar-refractivity contribution in [3.8, 4) is 0 Å². The zero-order chi connectivity index (χ0) is 20.7. The number of aryl methyl sites for hydroxylation is 2. The lowest BCUT2D eigenvalue weighted by Crippen LogP contribution is -2.37. The van der Waals surface area contributed by atoms with E-state index in [9.17, 15) is 4.39 Å². The van der Waals surface area contributed by atoms with E-state index in [-0.39, 0.29) is 5.82 Å². The first-order valence-corrected chi connectivity index (χ1v) is 10.7. The Morgan fingerprint density at radius 2 is 2.00 bits per heavy atom. The summed E-state index contributed by atoms with van der Waals surface area (Å²) in [6, 6.07) is 1.99. The first kappa shape index (κ1) is 19.2.